The summed E-state index contributed by atoms with van der Waals surface area (Å²) in [6, 6.07) is 13.3. The Labute approximate surface area is 163 Å². The first kappa shape index (κ1) is 18.7. The number of benzene rings is 2. The van der Waals surface area contributed by atoms with Crippen molar-refractivity contribution in [3.05, 3.63) is 53.8 Å². The van der Waals surface area contributed by atoms with Crippen LogP contribution in [0.1, 0.15) is 12.0 Å². The lowest BCUT2D eigenvalue weighted by atomic mass is 10.1. The molecule has 1 fully saturated rings. The molecule has 28 heavy (non-hydrogen) atoms. The molecule has 1 saturated heterocycles. The van der Waals surface area contributed by atoms with Crippen LogP contribution in [0.4, 0.5) is 10.4 Å². The summed E-state index contributed by atoms with van der Waals surface area (Å²) in [7, 11) is 1.52. The SMILES string of the molecule is COc1ccc(CN2CCN(c3nc4ccccc4o3)C[C@@H]2CCO)c(F)c1. The molecular weight excluding hydrogens is 361 g/mol. The molecule has 2 heterocycles. The van der Waals surface area contributed by atoms with E-state index in [4.69, 9.17) is 9.15 Å². The summed E-state index contributed by atoms with van der Waals surface area (Å²) in [5.74, 6) is 0.234. The number of aromatic nitrogens is 1. The normalized spacial score (nSPS) is 18.0. The van der Waals surface area contributed by atoms with Crippen LogP contribution in [0.2, 0.25) is 0 Å². The van der Waals surface area contributed by atoms with Crippen LogP contribution < -0.4 is 9.64 Å². The molecule has 0 unspecified atom stereocenters. The summed E-state index contributed by atoms with van der Waals surface area (Å²) in [5.41, 5.74) is 2.22. The van der Waals surface area contributed by atoms with Gasteiger partial charge < -0.3 is 19.2 Å². The van der Waals surface area contributed by atoms with Gasteiger partial charge in [-0.3, -0.25) is 4.90 Å². The fourth-order valence-electron chi connectivity index (χ4n) is 3.70. The van der Waals surface area contributed by atoms with Gasteiger partial charge in [-0.1, -0.05) is 18.2 Å². The van der Waals surface area contributed by atoms with Crippen LogP contribution in [-0.2, 0) is 6.54 Å². The van der Waals surface area contributed by atoms with Gasteiger partial charge in [0.25, 0.3) is 6.01 Å². The smallest absolute Gasteiger partial charge is 0.298 e. The first-order valence-corrected chi connectivity index (χ1v) is 9.46. The predicted molar refractivity (Wildman–Crippen MR) is 105 cm³/mol. The van der Waals surface area contributed by atoms with Crippen LogP contribution in [0.3, 0.4) is 0 Å². The average molecular weight is 385 g/mol. The third-order valence-electron chi connectivity index (χ3n) is 5.25. The second-order valence-corrected chi connectivity index (χ2v) is 7.00. The lowest BCUT2D eigenvalue weighted by Gasteiger charge is -2.40. The van der Waals surface area contributed by atoms with Gasteiger partial charge in [-0.15, -0.1) is 0 Å². The molecule has 0 aliphatic carbocycles. The molecule has 148 valence electrons. The van der Waals surface area contributed by atoms with Crippen molar-refractivity contribution in [1.82, 2.24) is 9.88 Å². The molecule has 0 radical (unpaired) electrons. The number of piperazine rings is 1. The van der Waals surface area contributed by atoms with E-state index >= 15 is 0 Å². The topological polar surface area (TPSA) is 62.0 Å². The lowest BCUT2D eigenvalue weighted by molar-refractivity contribution is 0.132. The summed E-state index contributed by atoms with van der Waals surface area (Å²) < 4.78 is 25.3. The monoisotopic (exact) mass is 385 g/mol. The highest BCUT2D eigenvalue weighted by atomic mass is 19.1. The molecular formula is C21H24FN3O3. The van der Waals surface area contributed by atoms with Crippen LogP contribution in [-0.4, -0.2) is 54.4 Å². The third kappa shape index (κ3) is 3.81. The van der Waals surface area contributed by atoms with Crippen molar-refractivity contribution in [1.29, 1.82) is 0 Å². The van der Waals surface area contributed by atoms with E-state index in [1.807, 2.05) is 24.3 Å². The maximum atomic E-state index is 14.4. The van der Waals surface area contributed by atoms with Gasteiger partial charge in [0.1, 0.15) is 17.1 Å². The van der Waals surface area contributed by atoms with E-state index in [2.05, 4.69) is 14.8 Å². The minimum absolute atomic E-state index is 0.0770. The first-order chi connectivity index (χ1) is 13.7. The number of hydrogen-bond donors (Lipinski definition) is 1. The molecule has 0 spiro atoms. The van der Waals surface area contributed by atoms with Crippen LogP contribution in [0, 0.1) is 5.82 Å². The van der Waals surface area contributed by atoms with E-state index in [0.717, 1.165) is 24.2 Å². The minimum Gasteiger partial charge on any atom is -0.497 e. The zero-order chi connectivity index (χ0) is 19.5. The molecule has 6 nitrogen and oxygen atoms in total. The van der Waals surface area contributed by atoms with Gasteiger partial charge >= 0.3 is 0 Å². The second-order valence-electron chi connectivity index (χ2n) is 7.00. The number of hydrogen-bond acceptors (Lipinski definition) is 6. The molecule has 0 saturated carbocycles. The van der Waals surface area contributed by atoms with E-state index in [1.54, 1.807) is 12.1 Å². The number of anilines is 1. The van der Waals surface area contributed by atoms with Crippen molar-refractivity contribution in [2.24, 2.45) is 0 Å². The molecule has 3 aromatic rings. The average Bonchev–Trinajstić information content (AvgIpc) is 3.15. The van der Waals surface area contributed by atoms with E-state index in [-0.39, 0.29) is 18.5 Å². The maximum Gasteiger partial charge on any atom is 0.298 e. The van der Waals surface area contributed by atoms with Crippen LogP contribution in [0.15, 0.2) is 46.9 Å². The summed E-state index contributed by atoms with van der Waals surface area (Å²) in [4.78, 5) is 8.88. The number of aliphatic hydroxyl groups excluding tert-OH is 1. The van der Waals surface area contributed by atoms with E-state index in [1.165, 1.54) is 13.2 Å². The van der Waals surface area contributed by atoms with E-state index in [9.17, 15) is 9.50 Å². The van der Waals surface area contributed by atoms with Gasteiger partial charge in [-0.25, -0.2) is 4.39 Å². The lowest BCUT2D eigenvalue weighted by Crippen LogP contribution is -2.53. The van der Waals surface area contributed by atoms with E-state index in [0.29, 0.717) is 36.8 Å². The van der Waals surface area contributed by atoms with Crippen molar-refractivity contribution in [2.75, 3.05) is 38.3 Å². The maximum absolute atomic E-state index is 14.4. The fraction of sp³-hybridized carbons (Fsp3) is 0.381. The van der Waals surface area contributed by atoms with Gasteiger partial charge in [0.2, 0.25) is 0 Å². The largest absolute Gasteiger partial charge is 0.497 e. The number of rotatable bonds is 6. The van der Waals surface area contributed by atoms with Gasteiger partial charge in [-0.2, -0.15) is 4.98 Å². The third-order valence-corrected chi connectivity index (χ3v) is 5.25. The molecule has 0 bridgehead atoms. The molecule has 1 aliphatic heterocycles. The number of para-hydroxylation sites is 2. The highest BCUT2D eigenvalue weighted by Gasteiger charge is 2.29. The summed E-state index contributed by atoms with van der Waals surface area (Å²) in [6.45, 7) is 2.70. The number of aliphatic hydroxyl groups is 1. The Balaban J connectivity index is 1.50. The van der Waals surface area contributed by atoms with Crippen LogP contribution in [0.25, 0.3) is 11.1 Å². The first-order valence-electron chi connectivity index (χ1n) is 9.46. The van der Waals surface area contributed by atoms with Gasteiger partial charge in [0.15, 0.2) is 5.58 Å². The number of halogens is 1. The highest BCUT2D eigenvalue weighted by Crippen LogP contribution is 2.26. The Morgan fingerprint density at radius 1 is 1.25 bits per heavy atom. The van der Waals surface area contributed by atoms with Crippen LogP contribution in [0.5, 0.6) is 5.75 Å². The molecule has 7 heteroatoms. The number of nitrogens with zero attached hydrogens (tertiary/aromatic N) is 3. The van der Waals surface area contributed by atoms with Crippen molar-refractivity contribution in [3.8, 4) is 5.75 Å². The summed E-state index contributed by atoms with van der Waals surface area (Å²) in [6.07, 6.45) is 0.606. The molecule has 4 rings (SSSR count). The highest BCUT2D eigenvalue weighted by molar-refractivity contribution is 5.74. The standard InChI is InChI=1S/C21H24FN3O3/c1-27-17-7-6-15(18(22)12-17)13-24-9-10-25(14-16(24)8-11-26)21-23-19-4-2-3-5-20(19)28-21/h2-7,12,16,26H,8-11,13-14H2,1H3/t16-/m0/s1. The zero-order valence-electron chi connectivity index (χ0n) is 15.8. The predicted octanol–water partition coefficient (Wildman–Crippen LogP) is 3.05. The van der Waals surface area contributed by atoms with E-state index < -0.39 is 0 Å². The Hall–Kier alpha value is -2.64. The molecule has 1 aliphatic rings. The van der Waals surface area contributed by atoms with Gasteiger partial charge in [0, 0.05) is 50.5 Å². The Morgan fingerprint density at radius 3 is 2.86 bits per heavy atom. The summed E-state index contributed by atoms with van der Waals surface area (Å²) in [5, 5.41) is 9.52. The van der Waals surface area contributed by atoms with Crippen molar-refractivity contribution < 1.29 is 18.7 Å². The molecule has 1 N–H and O–H groups in total. The van der Waals surface area contributed by atoms with Gasteiger partial charge in [-0.05, 0) is 24.6 Å². The van der Waals surface area contributed by atoms with Crippen molar-refractivity contribution in [2.45, 2.75) is 19.0 Å². The zero-order valence-corrected chi connectivity index (χ0v) is 15.8. The molecule has 1 aromatic heterocycles. The Bertz CT molecular complexity index is 913. The Morgan fingerprint density at radius 2 is 2.11 bits per heavy atom. The number of fused-ring (bicyclic) bond motifs is 1. The second kappa shape index (κ2) is 8.16. The quantitative estimate of drug-likeness (QED) is 0.704. The van der Waals surface area contributed by atoms with Crippen LogP contribution >= 0.6 is 0 Å². The molecule has 2 aromatic carbocycles. The van der Waals surface area contributed by atoms with Crippen molar-refractivity contribution in [3.63, 3.8) is 0 Å². The number of ether oxygens (including phenoxy) is 1. The van der Waals surface area contributed by atoms with Gasteiger partial charge in [0.05, 0.1) is 7.11 Å². The Kier molecular flexibility index (Phi) is 5.45. The summed E-state index contributed by atoms with van der Waals surface area (Å²) >= 11 is 0. The molecule has 1 atom stereocenters. The number of methoxy groups -OCH3 is 1. The fourth-order valence-corrected chi connectivity index (χ4v) is 3.70. The van der Waals surface area contributed by atoms with Crippen molar-refractivity contribution >= 4 is 17.1 Å². The minimum atomic E-state index is -0.275. The molecule has 0 amide bonds. The number of oxazole rings is 1.